The number of aliphatic hydroxyl groups is 1. The van der Waals surface area contributed by atoms with Gasteiger partial charge in [-0.1, -0.05) is 52.5 Å². The van der Waals surface area contributed by atoms with E-state index in [0.29, 0.717) is 26.7 Å². The van der Waals surface area contributed by atoms with Gasteiger partial charge in [-0.15, -0.1) is 0 Å². The van der Waals surface area contributed by atoms with E-state index in [-0.39, 0.29) is 16.8 Å². The van der Waals surface area contributed by atoms with Gasteiger partial charge >= 0.3 is 0 Å². The van der Waals surface area contributed by atoms with E-state index in [4.69, 9.17) is 51.5 Å². The summed E-state index contributed by atoms with van der Waals surface area (Å²) in [6, 6.07) is 5.10. The second kappa shape index (κ2) is 5.64. The van der Waals surface area contributed by atoms with E-state index >= 15 is 0 Å². The zero-order chi connectivity index (χ0) is 13.3. The van der Waals surface area contributed by atoms with Gasteiger partial charge in [-0.2, -0.15) is 0 Å². The molecule has 1 aromatic carbocycles. The van der Waals surface area contributed by atoms with Crippen LogP contribution in [0.2, 0.25) is 20.2 Å². The van der Waals surface area contributed by atoms with Crippen LogP contribution < -0.4 is 0 Å². The molecule has 0 atom stereocenters. The van der Waals surface area contributed by atoms with Gasteiger partial charge in [0.25, 0.3) is 0 Å². The first-order chi connectivity index (χ1) is 8.54. The number of hydrogen-bond donors (Lipinski definition) is 1. The average molecular weight is 323 g/mol. The number of hydrogen-bond acceptors (Lipinski definition) is 2. The number of halogens is 4. The maximum Gasteiger partial charge on any atom is 0.134 e. The molecule has 0 amide bonds. The van der Waals surface area contributed by atoms with Crippen LogP contribution in [0.15, 0.2) is 24.4 Å². The lowest BCUT2D eigenvalue weighted by molar-refractivity contribution is 0.281. The Labute approximate surface area is 124 Å². The van der Waals surface area contributed by atoms with Crippen molar-refractivity contribution < 1.29 is 5.11 Å². The predicted molar refractivity (Wildman–Crippen MR) is 75.6 cm³/mol. The van der Waals surface area contributed by atoms with Crippen molar-refractivity contribution in [2.75, 3.05) is 0 Å². The first-order valence-corrected chi connectivity index (χ1v) is 6.45. The summed E-state index contributed by atoms with van der Waals surface area (Å²) in [4.78, 5) is 3.99. The smallest absolute Gasteiger partial charge is 0.134 e. The fourth-order valence-corrected chi connectivity index (χ4v) is 2.31. The van der Waals surface area contributed by atoms with Crippen molar-refractivity contribution in [1.29, 1.82) is 0 Å². The Balaban J connectivity index is 2.59. The SMILES string of the molecule is OCc1cc(-c2ccc(Cl)c(Cl)c2Cl)cnc1Cl. The van der Waals surface area contributed by atoms with Gasteiger partial charge in [0.05, 0.1) is 21.7 Å². The molecule has 0 spiro atoms. The minimum Gasteiger partial charge on any atom is -0.392 e. The van der Waals surface area contributed by atoms with Crippen molar-refractivity contribution in [2.45, 2.75) is 6.61 Å². The van der Waals surface area contributed by atoms with Crippen LogP contribution in [0, 0.1) is 0 Å². The van der Waals surface area contributed by atoms with E-state index < -0.39 is 0 Å². The molecule has 0 aliphatic heterocycles. The number of rotatable bonds is 2. The molecule has 1 heterocycles. The van der Waals surface area contributed by atoms with E-state index in [1.54, 1.807) is 24.4 Å². The van der Waals surface area contributed by atoms with Crippen molar-refractivity contribution in [3.63, 3.8) is 0 Å². The number of aromatic nitrogens is 1. The summed E-state index contributed by atoms with van der Waals surface area (Å²) >= 11 is 23.8. The minimum atomic E-state index is -0.196. The minimum absolute atomic E-state index is 0.196. The van der Waals surface area contributed by atoms with Gasteiger partial charge in [0.15, 0.2) is 0 Å². The Kier molecular flexibility index (Phi) is 4.36. The third-order valence-corrected chi connectivity index (χ3v) is 4.06. The molecule has 0 unspecified atom stereocenters. The number of benzene rings is 1. The Morgan fingerprint density at radius 3 is 2.44 bits per heavy atom. The van der Waals surface area contributed by atoms with Crippen LogP contribution in [0.3, 0.4) is 0 Å². The molecule has 0 aliphatic rings. The largest absolute Gasteiger partial charge is 0.392 e. The zero-order valence-electron chi connectivity index (χ0n) is 8.92. The highest BCUT2D eigenvalue weighted by Gasteiger charge is 2.12. The second-order valence-corrected chi connectivity index (χ2v) is 5.08. The molecule has 1 N–H and O–H groups in total. The molecule has 1 aromatic heterocycles. The standard InChI is InChI=1S/C12H7Cl4NO/c13-9-2-1-8(10(14)11(9)15)6-3-7(5-18)12(16)17-4-6/h1-4,18H,5H2. The second-order valence-electron chi connectivity index (χ2n) is 3.55. The van der Waals surface area contributed by atoms with Crippen LogP contribution in [0.4, 0.5) is 0 Å². The van der Waals surface area contributed by atoms with Crippen LogP contribution >= 0.6 is 46.4 Å². The highest BCUT2D eigenvalue weighted by atomic mass is 35.5. The summed E-state index contributed by atoms with van der Waals surface area (Å²) in [5, 5.41) is 10.4. The van der Waals surface area contributed by atoms with Gasteiger partial charge in [-0.25, -0.2) is 4.98 Å². The molecule has 0 radical (unpaired) electrons. The van der Waals surface area contributed by atoms with E-state index in [1.807, 2.05) is 0 Å². The molecule has 0 fully saturated rings. The van der Waals surface area contributed by atoms with Crippen LogP contribution in [-0.4, -0.2) is 10.1 Å². The zero-order valence-corrected chi connectivity index (χ0v) is 11.9. The summed E-state index contributed by atoms with van der Waals surface area (Å²) < 4.78 is 0. The Morgan fingerprint density at radius 1 is 1.06 bits per heavy atom. The third kappa shape index (κ3) is 2.58. The van der Waals surface area contributed by atoms with Crippen LogP contribution in [0.25, 0.3) is 11.1 Å². The van der Waals surface area contributed by atoms with Gasteiger partial charge in [-0.05, 0) is 12.1 Å². The quantitative estimate of drug-likeness (QED) is 0.633. The van der Waals surface area contributed by atoms with Crippen molar-refractivity contribution >= 4 is 46.4 Å². The monoisotopic (exact) mass is 321 g/mol. The molecule has 2 rings (SSSR count). The number of nitrogens with zero attached hydrogens (tertiary/aromatic N) is 1. The molecule has 94 valence electrons. The van der Waals surface area contributed by atoms with Gasteiger partial charge in [0.2, 0.25) is 0 Å². The van der Waals surface area contributed by atoms with Gasteiger partial charge < -0.3 is 5.11 Å². The van der Waals surface area contributed by atoms with Crippen molar-refractivity contribution in [3.8, 4) is 11.1 Å². The van der Waals surface area contributed by atoms with Crippen molar-refractivity contribution in [1.82, 2.24) is 4.98 Å². The summed E-state index contributed by atoms with van der Waals surface area (Å²) in [5.41, 5.74) is 1.92. The molecule has 6 heteroatoms. The van der Waals surface area contributed by atoms with Crippen molar-refractivity contribution in [2.24, 2.45) is 0 Å². The highest BCUT2D eigenvalue weighted by Crippen LogP contribution is 2.38. The summed E-state index contributed by atoms with van der Waals surface area (Å²) in [6.07, 6.45) is 1.56. The molecular weight excluding hydrogens is 316 g/mol. The van der Waals surface area contributed by atoms with Gasteiger partial charge in [0, 0.05) is 22.9 Å². The molecule has 18 heavy (non-hydrogen) atoms. The molecule has 2 aromatic rings. The predicted octanol–water partition coefficient (Wildman–Crippen LogP) is 4.85. The molecule has 0 saturated heterocycles. The summed E-state index contributed by atoms with van der Waals surface area (Å²) in [7, 11) is 0. The highest BCUT2D eigenvalue weighted by molar-refractivity contribution is 6.49. The Hall–Kier alpha value is -0.510. The lowest BCUT2D eigenvalue weighted by Crippen LogP contribution is -1.91. The Bertz CT molecular complexity index is 601. The Morgan fingerprint density at radius 2 is 1.78 bits per heavy atom. The summed E-state index contributed by atoms with van der Waals surface area (Å²) in [6.45, 7) is -0.196. The third-order valence-electron chi connectivity index (χ3n) is 2.43. The lowest BCUT2D eigenvalue weighted by atomic mass is 10.1. The van der Waals surface area contributed by atoms with Gasteiger partial charge in [0.1, 0.15) is 5.15 Å². The molecule has 0 bridgehead atoms. The fourth-order valence-electron chi connectivity index (χ4n) is 1.50. The summed E-state index contributed by atoms with van der Waals surface area (Å²) in [5.74, 6) is 0. The fraction of sp³-hybridized carbons (Fsp3) is 0.0833. The molecular formula is C12H7Cl4NO. The van der Waals surface area contributed by atoms with E-state index in [9.17, 15) is 0 Å². The average Bonchev–Trinajstić information content (AvgIpc) is 2.37. The van der Waals surface area contributed by atoms with Crippen LogP contribution in [0.1, 0.15) is 5.56 Å². The van der Waals surface area contributed by atoms with E-state index in [2.05, 4.69) is 4.98 Å². The maximum absolute atomic E-state index is 9.15. The lowest BCUT2D eigenvalue weighted by Gasteiger charge is -2.09. The first kappa shape index (κ1) is 13.9. The molecule has 2 nitrogen and oxygen atoms in total. The molecule has 0 saturated carbocycles. The topological polar surface area (TPSA) is 33.1 Å². The van der Waals surface area contributed by atoms with Crippen LogP contribution in [-0.2, 0) is 6.61 Å². The number of aliphatic hydroxyl groups excluding tert-OH is 1. The van der Waals surface area contributed by atoms with E-state index in [0.717, 1.165) is 0 Å². The van der Waals surface area contributed by atoms with Gasteiger partial charge in [-0.3, -0.25) is 0 Å². The normalized spacial score (nSPS) is 10.7. The van der Waals surface area contributed by atoms with Crippen molar-refractivity contribution in [3.05, 3.63) is 50.2 Å². The van der Waals surface area contributed by atoms with E-state index in [1.165, 1.54) is 0 Å². The maximum atomic E-state index is 9.15. The molecule has 0 aliphatic carbocycles. The number of pyridine rings is 1. The first-order valence-electron chi connectivity index (χ1n) is 4.93. The van der Waals surface area contributed by atoms with Crippen LogP contribution in [0.5, 0.6) is 0 Å².